The van der Waals surface area contributed by atoms with E-state index >= 15 is 0 Å². The number of benzene rings is 1. The van der Waals surface area contributed by atoms with Crippen LogP contribution in [0.2, 0.25) is 0 Å². The van der Waals surface area contributed by atoms with Crippen molar-refractivity contribution in [3.63, 3.8) is 0 Å². The smallest absolute Gasteiger partial charge is 0.276 e. The van der Waals surface area contributed by atoms with Gasteiger partial charge in [0.1, 0.15) is 5.75 Å². The summed E-state index contributed by atoms with van der Waals surface area (Å²) in [6.07, 6.45) is 0. The molecule has 19 heavy (non-hydrogen) atoms. The minimum Gasteiger partial charge on any atom is -0.497 e. The fraction of sp³-hybridized carbons (Fsp3) is 0.154. The molecular formula is C13H13N3O3. The number of methoxy groups -OCH3 is 2. The van der Waals surface area contributed by atoms with Crippen molar-refractivity contribution in [3.8, 4) is 11.6 Å². The van der Waals surface area contributed by atoms with E-state index in [1.807, 2.05) is 0 Å². The first-order valence-electron chi connectivity index (χ1n) is 5.56. The van der Waals surface area contributed by atoms with Crippen LogP contribution in [-0.4, -0.2) is 30.3 Å². The molecule has 1 heterocycles. The van der Waals surface area contributed by atoms with Crippen molar-refractivity contribution in [3.05, 3.63) is 42.1 Å². The van der Waals surface area contributed by atoms with E-state index in [0.29, 0.717) is 11.6 Å². The summed E-state index contributed by atoms with van der Waals surface area (Å²) in [6, 6.07) is 10.1. The number of carbonyl (C=O) groups is 1. The standard InChI is InChI=1S/C13H13N3O3/c1-18-10-5-3-9(4-6-10)14-13(17)11-7-8-12(19-2)16-15-11/h3-8H,1-2H3,(H,14,17). The zero-order chi connectivity index (χ0) is 13.7. The summed E-state index contributed by atoms with van der Waals surface area (Å²) >= 11 is 0. The van der Waals surface area contributed by atoms with Gasteiger partial charge in [-0.25, -0.2) is 0 Å². The van der Waals surface area contributed by atoms with Gasteiger partial charge in [-0.1, -0.05) is 0 Å². The van der Waals surface area contributed by atoms with Crippen molar-refractivity contribution in [2.45, 2.75) is 0 Å². The average molecular weight is 259 g/mol. The van der Waals surface area contributed by atoms with Crippen LogP contribution in [0.5, 0.6) is 11.6 Å². The first kappa shape index (κ1) is 12.8. The van der Waals surface area contributed by atoms with E-state index in [9.17, 15) is 4.79 Å². The highest BCUT2D eigenvalue weighted by atomic mass is 16.5. The highest BCUT2D eigenvalue weighted by Gasteiger charge is 2.08. The van der Waals surface area contributed by atoms with E-state index in [1.54, 1.807) is 43.5 Å². The van der Waals surface area contributed by atoms with E-state index in [4.69, 9.17) is 9.47 Å². The van der Waals surface area contributed by atoms with E-state index in [2.05, 4.69) is 15.5 Å². The van der Waals surface area contributed by atoms with Gasteiger partial charge in [0.15, 0.2) is 5.69 Å². The van der Waals surface area contributed by atoms with Gasteiger partial charge in [-0.3, -0.25) is 4.79 Å². The maximum absolute atomic E-state index is 11.9. The second-order valence-electron chi connectivity index (χ2n) is 3.64. The predicted molar refractivity (Wildman–Crippen MR) is 69.5 cm³/mol. The maximum atomic E-state index is 11.9. The normalized spacial score (nSPS) is 9.79. The number of carbonyl (C=O) groups excluding carboxylic acids is 1. The summed E-state index contributed by atoms with van der Waals surface area (Å²) in [7, 11) is 3.07. The van der Waals surface area contributed by atoms with Gasteiger partial charge in [-0.2, -0.15) is 0 Å². The lowest BCUT2D eigenvalue weighted by Gasteiger charge is -2.05. The lowest BCUT2D eigenvalue weighted by atomic mass is 10.3. The molecule has 0 unspecified atom stereocenters. The van der Waals surface area contributed by atoms with Crippen molar-refractivity contribution >= 4 is 11.6 Å². The third-order valence-corrected chi connectivity index (χ3v) is 2.43. The summed E-state index contributed by atoms with van der Waals surface area (Å²) in [5.41, 5.74) is 0.875. The number of anilines is 1. The largest absolute Gasteiger partial charge is 0.497 e. The van der Waals surface area contributed by atoms with Gasteiger partial charge in [0.25, 0.3) is 5.91 Å². The molecule has 98 valence electrons. The Labute approximate surface area is 110 Å². The number of hydrogen-bond donors (Lipinski definition) is 1. The molecule has 0 saturated heterocycles. The second kappa shape index (κ2) is 5.81. The first-order valence-corrected chi connectivity index (χ1v) is 5.56. The predicted octanol–water partition coefficient (Wildman–Crippen LogP) is 1.75. The Hall–Kier alpha value is -2.63. The molecule has 0 spiro atoms. The van der Waals surface area contributed by atoms with Crippen LogP contribution in [0.1, 0.15) is 10.5 Å². The van der Waals surface area contributed by atoms with Gasteiger partial charge in [0.2, 0.25) is 5.88 Å². The molecule has 0 bridgehead atoms. The second-order valence-corrected chi connectivity index (χ2v) is 3.64. The monoisotopic (exact) mass is 259 g/mol. The summed E-state index contributed by atoms with van der Waals surface area (Å²) in [6.45, 7) is 0. The maximum Gasteiger partial charge on any atom is 0.276 e. The van der Waals surface area contributed by atoms with Crippen LogP contribution in [0.4, 0.5) is 5.69 Å². The molecule has 6 heteroatoms. The van der Waals surface area contributed by atoms with Crippen LogP contribution in [-0.2, 0) is 0 Å². The lowest BCUT2D eigenvalue weighted by molar-refractivity contribution is 0.102. The lowest BCUT2D eigenvalue weighted by Crippen LogP contribution is -2.14. The fourth-order valence-electron chi connectivity index (χ4n) is 1.42. The Morgan fingerprint density at radius 3 is 2.26 bits per heavy atom. The summed E-state index contributed by atoms with van der Waals surface area (Å²) in [5, 5.41) is 10.2. The average Bonchev–Trinajstić information content (AvgIpc) is 2.48. The number of hydrogen-bond acceptors (Lipinski definition) is 5. The van der Waals surface area contributed by atoms with Gasteiger partial charge < -0.3 is 14.8 Å². The molecule has 1 aromatic carbocycles. The molecule has 1 aromatic heterocycles. The van der Waals surface area contributed by atoms with Crippen LogP contribution >= 0.6 is 0 Å². The van der Waals surface area contributed by atoms with Crippen LogP contribution in [0.25, 0.3) is 0 Å². The first-order chi connectivity index (χ1) is 9.22. The van der Waals surface area contributed by atoms with Crippen LogP contribution in [0.15, 0.2) is 36.4 Å². The molecule has 0 aliphatic heterocycles. The van der Waals surface area contributed by atoms with Crippen LogP contribution in [0.3, 0.4) is 0 Å². The fourth-order valence-corrected chi connectivity index (χ4v) is 1.42. The molecule has 2 aromatic rings. The van der Waals surface area contributed by atoms with Gasteiger partial charge in [-0.05, 0) is 30.3 Å². The van der Waals surface area contributed by atoms with Gasteiger partial charge in [0, 0.05) is 11.8 Å². The van der Waals surface area contributed by atoms with Crippen molar-refractivity contribution in [2.24, 2.45) is 0 Å². The molecule has 0 fully saturated rings. The highest BCUT2D eigenvalue weighted by molar-refractivity contribution is 6.02. The SMILES string of the molecule is COc1ccc(NC(=O)c2ccc(OC)nn2)cc1. The number of aromatic nitrogens is 2. The quantitative estimate of drug-likeness (QED) is 0.905. The summed E-state index contributed by atoms with van der Waals surface area (Å²) < 4.78 is 9.91. The molecule has 1 amide bonds. The van der Waals surface area contributed by atoms with Crippen LogP contribution < -0.4 is 14.8 Å². The molecule has 1 N–H and O–H groups in total. The van der Waals surface area contributed by atoms with Crippen molar-refractivity contribution in [2.75, 3.05) is 19.5 Å². The number of ether oxygens (including phenoxy) is 2. The van der Waals surface area contributed by atoms with E-state index in [0.717, 1.165) is 5.75 Å². The number of amides is 1. The van der Waals surface area contributed by atoms with E-state index in [1.165, 1.54) is 7.11 Å². The Morgan fingerprint density at radius 1 is 1.00 bits per heavy atom. The molecular weight excluding hydrogens is 246 g/mol. The summed E-state index contributed by atoms with van der Waals surface area (Å²) in [4.78, 5) is 11.9. The number of rotatable bonds is 4. The van der Waals surface area contributed by atoms with E-state index in [-0.39, 0.29) is 11.6 Å². The zero-order valence-electron chi connectivity index (χ0n) is 10.6. The van der Waals surface area contributed by atoms with Crippen molar-refractivity contribution in [1.82, 2.24) is 10.2 Å². The Kier molecular flexibility index (Phi) is 3.92. The van der Waals surface area contributed by atoms with Gasteiger partial charge >= 0.3 is 0 Å². The molecule has 0 radical (unpaired) electrons. The van der Waals surface area contributed by atoms with Crippen LogP contribution in [0, 0.1) is 0 Å². The van der Waals surface area contributed by atoms with Crippen molar-refractivity contribution < 1.29 is 14.3 Å². The van der Waals surface area contributed by atoms with Gasteiger partial charge in [-0.15, -0.1) is 10.2 Å². The zero-order valence-corrected chi connectivity index (χ0v) is 10.6. The highest BCUT2D eigenvalue weighted by Crippen LogP contribution is 2.15. The third kappa shape index (κ3) is 3.19. The third-order valence-electron chi connectivity index (χ3n) is 2.43. The minimum absolute atomic E-state index is 0.219. The Morgan fingerprint density at radius 2 is 1.74 bits per heavy atom. The van der Waals surface area contributed by atoms with Crippen molar-refractivity contribution in [1.29, 1.82) is 0 Å². The molecule has 0 atom stereocenters. The molecule has 0 aliphatic rings. The minimum atomic E-state index is -0.333. The molecule has 2 rings (SSSR count). The number of nitrogens with zero attached hydrogens (tertiary/aromatic N) is 2. The molecule has 6 nitrogen and oxygen atoms in total. The topological polar surface area (TPSA) is 73.3 Å². The molecule has 0 aliphatic carbocycles. The molecule has 0 saturated carbocycles. The Balaban J connectivity index is 2.06. The number of nitrogens with one attached hydrogen (secondary N) is 1. The summed E-state index contributed by atoms with van der Waals surface area (Å²) in [5.74, 6) is 0.753. The van der Waals surface area contributed by atoms with Gasteiger partial charge in [0.05, 0.1) is 14.2 Å². The van der Waals surface area contributed by atoms with E-state index < -0.39 is 0 Å². The Bertz CT molecular complexity index is 552.